The highest BCUT2D eigenvalue weighted by Gasteiger charge is 2.14. The summed E-state index contributed by atoms with van der Waals surface area (Å²) >= 11 is 1.63. The molecule has 0 bridgehead atoms. The zero-order valence-electron chi connectivity index (χ0n) is 15.5. The van der Waals surface area contributed by atoms with Crippen molar-refractivity contribution in [3.05, 3.63) is 53.6 Å². The maximum atomic E-state index is 5.86. The summed E-state index contributed by atoms with van der Waals surface area (Å²) in [6, 6.07) is 14.1. The van der Waals surface area contributed by atoms with Crippen LogP contribution in [0.1, 0.15) is 11.1 Å². The van der Waals surface area contributed by atoms with Crippen LogP contribution in [0.5, 0.6) is 11.5 Å². The smallest absolute Gasteiger partial charge is 0.191 e. The second kappa shape index (κ2) is 8.27. The summed E-state index contributed by atoms with van der Waals surface area (Å²) in [4.78, 5) is 0. The van der Waals surface area contributed by atoms with E-state index in [0.717, 1.165) is 33.8 Å². The summed E-state index contributed by atoms with van der Waals surface area (Å²) in [5.74, 6) is 3.29. The fourth-order valence-corrected chi connectivity index (χ4v) is 3.54. The zero-order chi connectivity index (χ0) is 18.5. The van der Waals surface area contributed by atoms with E-state index in [4.69, 9.17) is 9.47 Å². The van der Waals surface area contributed by atoms with Gasteiger partial charge < -0.3 is 14.0 Å². The topological polar surface area (TPSA) is 49.2 Å². The van der Waals surface area contributed by atoms with Crippen molar-refractivity contribution in [1.82, 2.24) is 14.8 Å². The Balaban J connectivity index is 1.62. The molecule has 1 aromatic heterocycles. The summed E-state index contributed by atoms with van der Waals surface area (Å²) < 4.78 is 13.3. The van der Waals surface area contributed by atoms with Crippen LogP contribution in [0.2, 0.25) is 0 Å². The maximum absolute atomic E-state index is 5.86. The van der Waals surface area contributed by atoms with Crippen LogP contribution in [0.15, 0.2) is 47.6 Å². The number of methoxy groups -OCH3 is 1. The van der Waals surface area contributed by atoms with Gasteiger partial charge in [0, 0.05) is 12.8 Å². The van der Waals surface area contributed by atoms with E-state index in [1.54, 1.807) is 18.9 Å². The Morgan fingerprint density at radius 3 is 2.50 bits per heavy atom. The first-order valence-electron chi connectivity index (χ1n) is 8.45. The van der Waals surface area contributed by atoms with Crippen LogP contribution in [0, 0.1) is 13.8 Å². The minimum atomic E-state index is 0.615. The summed E-state index contributed by atoms with van der Waals surface area (Å²) in [5.41, 5.74) is 3.35. The Bertz CT molecular complexity index is 872. The third kappa shape index (κ3) is 4.19. The Hall–Kier alpha value is -2.47. The Labute approximate surface area is 158 Å². The highest BCUT2D eigenvalue weighted by molar-refractivity contribution is 7.99. The second-order valence-electron chi connectivity index (χ2n) is 6.09. The summed E-state index contributed by atoms with van der Waals surface area (Å²) in [5, 5.41) is 9.49. The van der Waals surface area contributed by atoms with Crippen LogP contribution in [0.4, 0.5) is 0 Å². The molecule has 0 fully saturated rings. The van der Waals surface area contributed by atoms with Crippen molar-refractivity contribution in [2.24, 2.45) is 7.05 Å². The lowest BCUT2D eigenvalue weighted by atomic mass is 10.1. The standard InChI is InChI=1S/C20H23N3O2S/c1-14-11-15(2)13-16(12-14)25-9-10-26-20-22-21-19(23(20)3)17-7-5-6-8-18(17)24-4/h5-8,11-13H,9-10H2,1-4H3. The maximum Gasteiger partial charge on any atom is 0.191 e. The number of rotatable bonds is 7. The molecule has 0 spiro atoms. The molecule has 3 rings (SSSR count). The number of hydrogen-bond acceptors (Lipinski definition) is 5. The van der Waals surface area contributed by atoms with Crippen LogP contribution in [0.3, 0.4) is 0 Å². The second-order valence-corrected chi connectivity index (χ2v) is 7.15. The average Bonchev–Trinajstić information content (AvgIpc) is 2.98. The third-order valence-electron chi connectivity index (χ3n) is 3.96. The number of nitrogens with zero attached hydrogens (tertiary/aromatic N) is 3. The summed E-state index contributed by atoms with van der Waals surface area (Å²) in [7, 11) is 3.63. The Morgan fingerprint density at radius 2 is 1.77 bits per heavy atom. The first kappa shape index (κ1) is 18.3. The monoisotopic (exact) mass is 369 g/mol. The molecule has 3 aromatic rings. The minimum Gasteiger partial charge on any atom is -0.496 e. The van der Waals surface area contributed by atoms with Gasteiger partial charge in [-0.3, -0.25) is 0 Å². The lowest BCUT2D eigenvalue weighted by Crippen LogP contribution is -2.02. The molecule has 0 amide bonds. The highest BCUT2D eigenvalue weighted by atomic mass is 32.2. The predicted octanol–water partition coefficient (Wildman–Crippen LogP) is 4.28. The van der Waals surface area contributed by atoms with Crippen LogP contribution in [-0.2, 0) is 7.05 Å². The van der Waals surface area contributed by atoms with Crippen molar-refractivity contribution < 1.29 is 9.47 Å². The Kier molecular flexibility index (Phi) is 5.83. The number of hydrogen-bond donors (Lipinski definition) is 0. The van der Waals surface area contributed by atoms with E-state index in [2.05, 4.69) is 42.2 Å². The van der Waals surface area contributed by atoms with Crippen LogP contribution in [-0.4, -0.2) is 34.2 Å². The molecule has 0 aliphatic heterocycles. The molecule has 0 atom stereocenters. The molecule has 2 aromatic carbocycles. The van der Waals surface area contributed by atoms with Crippen molar-refractivity contribution in [2.45, 2.75) is 19.0 Å². The normalized spacial score (nSPS) is 10.8. The number of aryl methyl sites for hydroxylation is 2. The molecule has 0 saturated heterocycles. The molecule has 0 saturated carbocycles. The SMILES string of the molecule is COc1ccccc1-c1nnc(SCCOc2cc(C)cc(C)c2)n1C. The first-order valence-corrected chi connectivity index (χ1v) is 9.43. The van der Waals surface area contributed by atoms with E-state index in [0.29, 0.717) is 6.61 Å². The minimum absolute atomic E-state index is 0.615. The van der Waals surface area contributed by atoms with Gasteiger partial charge in [-0.25, -0.2) is 0 Å². The summed E-state index contributed by atoms with van der Waals surface area (Å²) in [6.07, 6.45) is 0. The molecule has 0 unspecified atom stereocenters. The molecule has 6 heteroatoms. The average molecular weight is 369 g/mol. The highest BCUT2D eigenvalue weighted by Crippen LogP contribution is 2.30. The van der Waals surface area contributed by atoms with Gasteiger partial charge in [0.2, 0.25) is 0 Å². The van der Waals surface area contributed by atoms with Gasteiger partial charge in [-0.05, 0) is 49.2 Å². The quantitative estimate of drug-likeness (QED) is 0.460. The number of ether oxygens (including phenoxy) is 2. The molecule has 0 N–H and O–H groups in total. The van der Waals surface area contributed by atoms with Gasteiger partial charge in [0.1, 0.15) is 11.5 Å². The third-order valence-corrected chi connectivity index (χ3v) is 4.95. The van der Waals surface area contributed by atoms with Crippen molar-refractivity contribution in [1.29, 1.82) is 0 Å². The number of thioether (sulfide) groups is 1. The van der Waals surface area contributed by atoms with Gasteiger partial charge in [-0.2, -0.15) is 0 Å². The van der Waals surface area contributed by atoms with Gasteiger partial charge in [0.25, 0.3) is 0 Å². The fourth-order valence-electron chi connectivity index (χ4n) is 2.81. The van der Waals surface area contributed by atoms with E-state index < -0.39 is 0 Å². The van der Waals surface area contributed by atoms with Gasteiger partial charge >= 0.3 is 0 Å². The molecule has 136 valence electrons. The molecule has 0 radical (unpaired) electrons. The molecule has 26 heavy (non-hydrogen) atoms. The molecular formula is C20H23N3O2S. The molecule has 1 heterocycles. The Morgan fingerprint density at radius 1 is 1.04 bits per heavy atom. The van der Waals surface area contributed by atoms with E-state index in [1.807, 2.05) is 35.9 Å². The van der Waals surface area contributed by atoms with Gasteiger partial charge in [-0.15, -0.1) is 10.2 Å². The van der Waals surface area contributed by atoms with Gasteiger partial charge in [0.15, 0.2) is 11.0 Å². The molecule has 5 nitrogen and oxygen atoms in total. The van der Waals surface area contributed by atoms with Crippen molar-refractivity contribution in [3.8, 4) is 22.9 Å². The van der Waals surface area contributed by atoms with Crippen molar-refractivity contribution >= 4 is 11.8 Å². The first-order chi connectivity index (χ1) is 12.6. The molecule has 0 aliphatic rings. The van der Waals surface area contributed by atoms with Crippen molar-refractivity contribution in [3.63, 3.8) is 0 Å². The van der Waals surface area contributed by atoms with E-state index in [1.165, 1.54) is 11.1 Å². The van der Waals surface area contributed by atoms with Gasteiger partial charge in [-0.1, -0.05) is 30.0 Å². The molecule has 0 aliphatic carbocycles. The van der Waals surface area contributed by atoms with Crippen LogP contribution >= 0.6 is 11.8 Å². The number of para-hydroxylation sites is 1. The largest absolute Gasteiger partial charge is 0.496 e. The zero-order valence-corrected chi connectivity index (χ0v) is 16.3. The summed E-state index contributed by atoms with van der Waals surface area (Å²) in [6.45, 7) is 4.77. The number of benzene rings is 2. The predicted molar refractivity (Wildman–Crippen MR) is 105 cm³/mol. The van der Waals surface area contributed by atoms with Crippen molar-refractivity contribution in [2.75, 3.05) is 19.5 Å². The number of aromatic nitrogens is 3. The van der Waals surface area contributed by atoms with Gasteiger partial charge in [0.05, 0.1) is 19.3 Å². The van der Waals surface area contributed by atoms with Crippen LogP contribution < -0.4 is 9.47 Å². The van der Waals surface area contributed by atoms with E-state index >= 15 is 0 Å². The van der Waals surface area contributed by atoms with Crippen LogP contribution in [0.25, 0.3) is 11.4 Å². The van der Waals surface area contributed by atoms with E-state index in [9.17, 15) is 0 Å². The lowest BCUT2D eigenvalue weighted by molar-refractivity contribution is 0.343. The van der Waals surface area contributed by atoms with E-state index in [-0.39, 0.29) is 0 Å². The fraction of sp³-hybridized carbons (Fsp3) is 0.300. The molecular weight excluding hydrogens is 346 g/mol. The lowest BCUT2D eigenvalue weighted by Gasteiger charge is -2.09.